The summed E-state index contributed by atoms with van der Waals surface area (Å²) >= 11 is 0. The van der Waals surface area contributed by atoms with E-state index < -0.39 is 22.2 Å². The van der Waals surface area contributed by atoms with Crippen LogP contribution in [0.2, 0.25) is 0 Å². The minimum atomic E-state index is -3.74. The molecule has 9 heteroatoms. The number of benzene rings is 2. The molecule has 2 heterocycles. The number of aromatic nitrogens is 3. The van der Waals surface area contributed by atoms with E-state index in [0.29, 0.717) is 19.4 Å². The number of aryl methyl sites for hydroxylation is 2. The van der Waals surface area contributed by atoms with Gasteiger partial charge in [-0.2, -0.15) is 0 Å². The summed E-state index contributed by atoms with van der Waals surface area (Å²) in [6.07, 6.45) is 5.25. The Kier molecular flexibility index (Phi) is 8.10. The van der Waals surface area contributed by atoms with Crippen molar-refractivity contribution >= 4 is 10.0 Å². The average molecular weight is 485 g/mol. The van der Waals surface area contributed by atoms with Crippen LogP contribution in [0.3, 0.4) is 0 Å². The quantitative estimate of drug-likeness (QED) is 0.458. The fraction of sp³-hybridized carbons (Fsp3) is 0.440. The minimum Gasteiger partial charge on any atom is -0.394 e. The van der Waals surface area contributed by atoms with Crippen LogP contribution >= 0.6 is 0 Å². The van der Waals surface area contributed by atoms with Gasteiger partial charge >= 0.3 is 0 Å². The van der Waals surface area contributed by atoms with Gasteiger partial charge in [0.25, 0.3) is 0 Å². The maximum absolute atomic E-state index is 13.0. The van der Waals surface area contributed by atoms with Crippen LogP contribution in [-0.2, 0) is 27.7 Å². The number of sulfonamides is 1. The molecule has 4 rings (SSSR count). The highest BCUT2D eigenvalue weighted by atomic mass is 32.2. The Bertz CT molecular complexity index is 1150. The van der Waals surface area contributed by atoms with E-state index in [0.717, 1.165) is 36.1 Å². The van der Waals surface area contributed by atoms with E-state index in [1.807, 2.05) is 41.2 Å². The average Bonchev–Trinajstić information content (AvgIpc) is 3.31. The number of nitrogens with zero attached hydrogens (tertiary/aromatic N) is 3. The molecule has 1 aromatic heterocycles. The van der Waals surface area contributed by atoms with Gasteiger partial charge in [0.1, 0.15) is 0 Å². The highest BCUT2D eigenvalue weighted by Gasteiger charge is 2.34. The summed E-state index contributed by atoms with van der Waals surface area (Å²) in [6.45, 7) is 2.53. The van der Waals surface area contributed by atoms with Gasteiger partial charge in [-0.1, -0.05) is 61.0 Å². The van der Waals surface area contributed by atoms with Crippen molar-refractivity contribution in [1.29, 1.82) is 0 Å². The molecule has 1 fully saturated rings. The highest BCUT2D eigenvalue weighted by Crippen LogP contribution is 2.25. The van der Waals surface area contributed by atoms with Crippen LogP contribution < -0.4 is 4.72 Å². The first-order chi connectivity index (χ1) is 16.5. The Hall–Kier alpha value is -2.59. The maximum atomic E-state index is 13.0. The van der Waals surface area contributed by atoms with E-state index in [2.05, 4.69) is 22.0 Å². The van der Waals surface area contributed by atoms with Crippen molar-refractivity contribution < 1.29 is 18.3 Å². The lowest BCUT2D eigenvalue weighted by Gasteiger charge is -2.36. The first-order valence-electron chi connectivity index (χ1n) is 11.8. The van der Waals surface area contributed by atoms with Crippen LogP contribution in [0.25, 0.3) is 11.1 Å². The van der Waals surface area contributed by atoms with E-state index in [-0.39, 0.29) is 17.6 Å². The molecule has 1 aliphatic rings. The summed E-state index contributed by atoms with van der Waals surface area (Å²) in [5.74, 6) is 0. The first-order valence-corrected chi connectivity index (χ1v) is 13.3. The Labute approximate surface area is 201 Å². The van der Waals surface area contributed by atoms with Gasteiger partial charge in [0.2, 0.25) is 10.0 Å². The Morgan fingerprint density at radius 1 is 1.09 bits per heavy atom. The molecule has 2 aromatic carbocycles. The number of hydrogen-bond acceptors (Lipinski definition) is 6. The van der Waals surface area contributed by atoms with Gasteiger partial charge < -0.3 is 9.84 Å². The highest BCUT2D eigenvalue weighted by molar-refractivity contribution is 7.89. The molecule has 2 N–H and O–H groups in total. The maximum Gasteiger partial charge on any atom is 0.240 e. The number of aliphatic hydroxyl groups excluding tert-OH is 1. The molecule has 0 unspecified atom stereocenters. The Balaban J connectivity index is 1.34. The Morgan fingerprint density at radius 2 is 1.82 bits per heavy atom. The molecule has 3 aromatic rings. The zero-order valence-electron chi connectivity index (χ0n) is 19.4. The molecule has 0 amide bonds. The topological polar surface area (TPSA) is 106 Å². The third-order valence-electron chi connectivity index (χ3n) is 6.15. The normalized spacial score (nSPS) is 20.9. The minimum absolute atomic E-state index is 0.0677. The van der Waals surface area contributed by atoms with Crippen molar-refractivity contribution in [2.75, 3.05) is 6.61 Å². The molecule has 3 atom stereocenters. The smallest absolute Gasteiger partial charge is 0.240 e. The van der Waals surface area contributed by atoms with Gasteiger partial charge in [-0.05, 0) is 48.9 Å². The second-order valence-electron chi connectivity index (χ2n) is 8.69. The molecule has 0 saturated carbocycles. The largest absolute Gasteiger partial charge is 0.394 e. The number of hydrogen-bond donors (Lipinski definition) is 2. The molecule has 0 aliphatic carbocycles. The third kappa shape index (κ3) is 6.09. The summed E-state index contributed by atoms with van der Waals surface area (Å²) in [6, 6.07) is 16.1. The van der Waals surface area contributed by atoms with Crippen molar-refractivity contribution in [2.45, 2.75) is 68.7 Å². The predicted octanol–water partition coefficient (Wildman–Crippen LogP) is 3.17. The zero-order chi connectivity index (χ0) is 24.0. The third-order valence-corrected chi connectivity index (χ3v) is 7.65. The number of ether oxygens (including phenoxy) is 1. The lowest BCUT2D eigenvalue weighted by Crippen LogP contribution is -2.50. The first kappa shape index (κ1) is 24.5. The molecular formula is C25H32N4O4S. The van der Waals surface area contributed by atoms with E-state index in [9.17, 15) is 13.5 Å². The van der Waals surface area contributed by atoms with Gasteiger partial charge in [-0.3, -0.25) is 4.68 Å². The fourth-order valence-electron chi connectivity index (χ4n) is 4.30. The number of aliphatic hydroxyl groups is 1. The molecule has 8 nitrogen and oxygen atoms in total. The van der Waals surface area contributed by atoms with Crippen molar-refractivity contribution in [3.8, 4) is 11.1 Å². The molecular weight excluding hydrogens is 452 g/mol. The van der Waals surface area contributed by atoms with Gasteiger partial charge in [0.05, 0.1) is 35.4 Å². The van der Waals surface area contributed by atoms with E-state index in [4.69, 9.17) is 4.74 Å². The summed E-state index contributed by atoms with van der Waals surface area (Å²) in [4.78, 5) is 0.195. The monoisotopic (exact) mass is 484 g/mol. The van der Waals surface area contributed by atoms with Crippen LogP contribution in [0.4, 0.5) is 0 Å². The molecule has 0 spiro atoms. The van der Waals surface area contributed by atoms with Crippen molar-refractivity contribution in [3.63, 3.8) is 0 Å². The molecule has 0 radical (unpaired) electrons. The van der Waals surface area contributed by atoms with Crippen LogP contribution in [0.5, 0.6) is 0 Å². The van der Waals surface area contributed by atoms with Crippen LogP contribution in [0, 0.1) is 0 Å². The standard InChI is InChI=1S/C25H32N4O4S/c1-2-6-21-17-29(28-26-21)16-15-22-11-14-24(25(18-30)33-22)27-34(31,32)23-12-9-20(10-13-23)19-7-4-3-5-8-19/h3-5,7-10,12-13,17,22,24-25,27,30H,2,6,11,14-16,18H2,1H3/t22-,24-,25+/m0/s1. The zero-order valence-corrected chi connectivity index (χ0v) is 20.2. The summed E-state index contributed by atoms with van der Waals surface area (Å²) in [7, 11) is -3.74. The van der Waals surface area contributed by atoms with E-state index in [1.54, 1.807) is 24.3 Å². The summed E-state index contributed by atoms with van der Waals surface area (Å²) in [5, 5.41) is 18.2. The van der Waals surface area contributed by atoms with Gasteiger partial charge in [-0.15, -0.1) is 5.10 Å². The lowest BCUT2D eigenvalue weighted by molar-refractivity contribution is -0.0891. The van der Waals surface area contributed by atoms with Gasteiger partial charge in [0, 0.05) is 12.7 Å². The molecule has 0 bridgehead atoms. The molecule has 34 heavy (non-hydrogen) atoms. The van der Waals surface area contributed by atoms with Crippen LogP contribution in [0.1, 0.15) is 38.3 Å². The second-order valence-corrected chi connectivity index (χ2v) is 10.4. The summed E-state index contributed by atoms with van der Waals surface area (Å²) in [5.41, 5.74) is 2.95. The van der Waals surface area contributed by atoms with Crippen LogP contribution in [0.15, 0.2) is 65.7 Å². The van der Waals surface area contributed by atoms with E-state index >= 15 is 0 Å². The van der Waals surface area contributed by atoms with Crippen molar-refractivity contribution in [3.05, 3.63) is 66.5 Å². The van der Waals surface area contributed by atoms with Crippen molar-refractivity contribution in [1.82, 2.24) is 19.7 Å². The summed E-state index contributed by atoms with van der Waals surface area (Å²) < 4.78 is 36.6. The number of rotatable bonds is 10. The molecule has 1 aliphatic heterocycles. The molecule has 1 saturated heterocycles. The van der Waals surface area contributed by atoms with E-state index in [1.165, 1.54) is 0 Å². The SMILES string of the molecule is CCCc1cn(CC[C@@H]2CC[C@H](NS(=O)(=O)c3ccc(-c4ccccc4)cc3)[C@@H](CO)O2)nn1. The lowest BCUT2D eigenvalue weighted by atomic mass is 9.98. The predicted molar refractivity (Wildman–Crippen MR) is 130 cm³/mol. The van der Waals surface area contributed by atoms with Gasteiger partial charge in [0.15, 0.2) is 0 Å². The Morgan fingerprint density at radius 3 is 2.53 bits per heavy atom. The molecule has 182 valence electrons. The second kappa shape index (κ2) is 11.2. The van der Waals surface area contributed by atoms with Crippen LogP contribution in [-0.4, -0.2) is 53.4 Å². The van der Waals surface area contributed by atoms with Crippen molar-refractivity contribution in [2.24, 2.45) is 0 Å². The number of nitrogens with one attached hydrogen (secondary N) is 1. The van der Waals surface area contributed by atoms with Gasteiger partial charge in [-0.25, -0.2) is 13.1 Å². The fourth-order valence-corrected chi connectivity index (χ4v) is 5.60.